The lowest BCUT2D eigenvalue weighted by molar-refractivity contribution is -0.385. The van der Waals surface area contributed by atoms with Crippen LogP contribution in [0.1, 0.15) is 15.9 Å². The van der Waals surface area contributed by atoms with Gasteiger partial charge in [0.15, 0.2) is 0 Å². The smallest absolute Gasteiger partial charge is 0.337 e. The molecule has 0 atom stereocenters. The van der Waals surface area contributed by atoms with Crippen molar-refractivity contribution in [3.05, 3.63) is 75.8 Å². The molecule has 0 aliphatic heterocycles. The molecule has 24 heavy (non-hydrogen) atoms. The van der Waals surface area contributed by atoms with E-state index in [1.165, 1.54) is 55.7 Å². The van der Waals surface area contributed by atoms with E-state index in [2.05, 4.69) is 4.74 Å². The zero-order valence-corrected chi connectivity index (χ0v) is 12.7. The van der Waals surface area contributed by atoms with E-state index in [-0.39, 0.29) is 11.4 Å². The van der Waals surface area contributed by atoms with E-state index in [1.807, 2.05) is 0 Å². The topological polar surface area (TPSA) is 95.7 Å². The van der Waals surface area contributed by atoms with Gasteiger partial charge in [-0.05, 0) is 36.4 Å². The number of ether oxygens (including phenoxy) is 2. The van der Waals surface area contributed by atoms with Crippen LogP contribution < -0.4 is 4.74 Å². The number of nitrogens with zero attached hydrogens (tertiary/aromatic N) is 1. The third-order valence-corrected chi connectivity index (χ3v) is 3.03. The first-order valence-corrected chi connectivity index (χ1v) is 6.83. The van der Waals surface area contributed by atoms with Gasteiger partial charge in [-0.1, -0.05) is 12.1 Å². The van der Waals surface area contributed by atoms with Crippen LogP contribution in [-0.4, -0.2) is 24.0 Å². The standard InChI is InChI=1S/C17H13NO6/c1-23-17(20)13-6-9-14(10-7-13)24-16(19)11-8-12-4-2-3-5-15(12)18(21)22/h2-11H,1H3. The van der Waals surface area contributed by atoms with Crippen LogP contribution in [0.3, 0.4) is 0 Å². The van der Waals surface area contributed by atoms with Crippen molar-refractivity contribution in [2.24, 2.45) is 0 Å². The largest absolute Gasteiger partial charge is 0.465 e. The summed E-state index contributed by atoms with van der Waals surface area (Å²) in [7, 11) is 1.27. The van der Waals surface area contributed by atoms with Gasteiger partial charge in [-0.15, -0.1) is 0 Å². The van der Waals surface area contributed by atoms with Crippen molar-refractivity contribution in [2.75, 3.05) is 7.11 Å². The van der Waals surface area contributed by atoms with Gasteiger partial charge in [-0.2, -0.15) is 0 Å². The summed E-state index contributed by atoms with van der Waals surface area (Å²) < 4.78 is 9.62. The van der Waals surface area contributed by atoms with Crippen LogP contribution in [0.15, 0.2) is 54.6 Å². The quantitative estimate of drug-likeness (QED) is 0.275. The van der Waals surface area contributed by atoms with Gasteiger partial charge in [0, 0.05) is 12.1 Å². The Labute approximate surface area is 137 Å². The average Bonchev–Trinajstić information content (AvgIpc) is 2.60. The SMILES string of the molecule is COC(=O)c1ccc(OC(=O)C=Cc2ccccc2[N+](=O)[O-])cc1. The third kappa shape index (κ3) is 4.26. The first-order chi connectivity index (χ1) is 11.5. The van der Waals surface area contributed by atoms with Crippen molar-refractivity contribution in [2.45, 2.75) is 0 Å². The number of rotatable bonds is 5. The third-order valence-electron chi connectivity index (χ3n) is 3.03. The normalized spacial score (nSPS) is 10.4. The summed E-state index contributed by atoms with van der Waals surface area (Å²) in [5, 5.41) is 10.9. The summed E-state index contributed by atoms with van der Waals surface area (Å²) in [4.78, 5) is 33.4. The van der Waals surface area contributed by atoms with Crippen molar-refractivity contribution in [3.8, 4) is 5.75 Å². The Morgan fingerprint density at radius 3 is 2.38 bits per heavy atom. The number of methoxy groups -OCH3 is 1. The number of carbonyl (C=O) groups excluding carboxylic acids is 2. The van der Waals surface area contributed by atoms with E-state index in [1.54, 1.807) is 6.07 Å². The van der Waals surface area contributed by atoms with Gasteiger partial charge >= 0.3 is 11.9 Å². The molecular formula is C17H13NO6. The monoisotopic (exact) mass is 327 g/mol. The number of benzene rings is 2. The second kappa shape index (κ2) is 7.68. The van der Waals surface area contributed by atoms with Crippen LogP contribution in [0.2, 0.25) is 0 Å². The summed E-state index contributed by atoms with van der Waals surface area (Å²) in [6, 6.07) is 11.8. The molecule has 0 bridgehead atoms. The van der Waals surface area contributed by atoms with E-state index in [4.69, 9.17) is 4.74 Å². The molecule has 0 fully saturated rings. The van der Waals surface area contributed by atoms with Crippen molar-refractivity contribution < 1.29 is 24.0 Å². The molecule has 0 spiro atoms. The molecule has 0 amide bonds. The molecular weight excluding hydrogens is 314 g/mol. The van der Waals surface area contributed by atoms with Crippen molar-refractivity contribution in [1.82, 2.24) is 0 Å². The van der Waals surface area contributed by atoms with Gasteiger partial charge in [-0.3, -0.25) is 10.1 Å². The number of carbonyl (C=O) groups is 2. The Morgan fingerprint density at radius 1 is 1.08 bits per heavy atom. The molecule has 0 unspecified atom stereocenters. The molecule has 0 saturated heterocycles. The van der Waals surface area contributed by atoms with Crippen LogP contribution in [-0.2, 0) is 9.53 Å². The molecule has 0 radical (unpaired) electrons. The molecule has 2 aromatic carbocycles. The molecule has 2 rings (SSSR count). The van der Waals surface area contributed by atoms with Crippen LogP contribution in [0.25, 0.3) is 6.08 Å². The molecule has 122 valence electrons. The van der Waals surface area contributed by atoms with Gasteiger partial charge in [0.25, 0.3) is 5.69 Å². The van der Waals surface area contributed by atoms with Crippen LogP contribution in [0, 0.1) is 10.1 Å². The molecule has 0 aliphatic carbocycles. The predicted octanol–water partition coefficient (Wildman–Crippen LogP) is 3.00. The molecule has 0 aromatic heterocycles. The van der Waals surface area contributed by atoms with Gasteiger partial charge in [0.05, 0.1) is 23.2 Å². The lowest BCUT2D eigenvalue weighted by atomic mass is 10.1. The maximum atomic E-state index is 11.8. The number of para-hydroxylation sites is 1. The highest BCUT2D eigenvalue weighted by atomic mass is 16.6. The molecule has 0 saturated carbocycles. The zero-order chi connectivity index (χ0) is 17.5. The summed E-state index contributed by atoms with van der Waals surface area (Å²) >= 11 is 0. The maximum absolute atomic E-state index is 11.8. The van der Waals surface area contributed by atoms with Gasteiger partial charge in [0.2, 0.25) is 0 Å². The highest BCUT2D eigenvalue weighted by Gasteiger charge is 2.10. The molecule has 2 aromatic rings. The van der Waals surface area contributed by atoms with Gasteiger partial charge in [-0.25, -0.2) is 9.59 Å². The Morgan fingerprint density at radius 2 is 1.75 bits per heavy atom. The van der Waals surface area contributed by atoms with Gasteiger partial charge in [0.1, 0.15) is 5.75 Å². The minimum atomic E-state index is -0.695. The predicted molar refractivity (Wildman–Crippen MR) is 85.5 cm³/mol. The average molecular weight is 327 g/mol. The summed E-state index contributed by atoms with van der Waals surface area (Å²) in [6.45, 7) is 0. The van der Waals surface area contributed by atoms with Crippen LogP contribution in [0.4, 0.5) is 5.69 Å². The molecule has 0 heterocycles. The second-order valence-electron chi connectivity index (χ2n) is 4.59. The van der Waals surface area contributed by atoms with Crippen molar-refractivity contribution >= 4 is 23.7 Å². The summed E-state index contributed by atoms with van der Waals surface area (Å²) in [6.07, 6.45) is 2.40. The Hall–Kier alpha value is -3.48. The maximum Gasteiger partial charge on any atom is 0.337 e. The highest BCUT2D eigenvalue weighted by Crippen LogP contribution is 2.19. The molecule has 7 nitrogen and oxygen atoms in total. The first-order valence-electron chi connectivity index (χ1n) is 6.83. The fourth-order valence-electron chi connectivity index (χ4n) is 1.88. The summed E-state index contributed by atoms with van der Waals surface area (Å²) in [5.74, 6) is -0.956. The van der Waals surface area contributed by atoms with E-state index >= 15 is 0 Å². The van der Waals surface area contributed by atoms with Crippen molar-refractivity contribution in [1.29, 1.82) is 0 Å². The summed E-state index contributed by atoms with van der Waals surface area (Å²) in [5.41, 5.74) is 0.511. The molecule has 0 N–H and O–H groups in total. The van der Waals surface area contributed by atoms with E-state index in [9.17, 15) is 19.7 Å². The Bertz CT molecular complexity index is 795. The lowest BCUT2D eigenvalue weighted by Crippen LogP contribution is -2.05. The van der Waals surface area contributed by atoms with Crippen molar-refractivity contribution in [3.63, 3.8) is 0 Å². The number of esters is 2. The number of nitro groups is 1. The first kappa shape index (κ1) is 16.9. The number of hydrogen-bond acceptors (Lipinski definition) is 6. The zero-order valence-electron chi connectivity index (χ0n) is 12.7. The highest BCUT2D eigenvalue weighted by molar-refractivity contribution is 5.91. The van der Waals surface area contributed by atoms with E-state index in [0.29, 0.717) is 11.1 Å². The lowest BCUT2D eigenvalue weighted by Gasteiger charge is -2.03. The Balaban J connectivity index is 2.06. The van der Waals surface area contributed by atoms with E-state index in [0.717, 1.165) is 6.08 Å². The van der Waals surface area contributed by atoms with E-state index < -0.39 is 16.9 Å². The van der Waals surface area contributed by atoms with Crippen LogP contribution >= 0.6 is 0 Å². The minimum absolute atomic E-state index is 0.107. The minimum Gasteiger partial charge on any atom is -0.465 e. The number of nitro benzene ring substituents is 1. The second-order valence-corrected chi connectivity index (χ2v) is 4.59. The fourth-order valence-corrected chi connectivity index (χ4v) is 1.88. The Kier molecular flexibility index (Phi) is 5.40. The number of hydrogen-bond donors (Lipinski definition) is 0. The fraction of sp³-hybridized carbons (Fsp3) is 0.0588. The molecule has 7 heteroatoms. The molecule has 0 aliphatic rings. The van der Waals surface area contributed by atoms with Gasteiger partial charge < -0.3 is 9.47 Å². The van der Waals surface area contributed by atoms with Crippen LogP contribution in [0.5, 0.6) is 5.75 Å².